The van der Waals surface area contributed by atoms with Crippen molar-refractivity contribution in [1.82, 2.24) is 10.2 Å². The van der Waals surface area contributed by atoms with Crippen molar-refractivity contribution in [3.63, 3.8) is 0 Å². The van der Waals surface area contributed by atoms with Crippen LogP contribution in [0.5, 0.6) is 0 Å². The fraction of sp³-hybridized carbons (Fsp3) is 1.00. The summed E-state index contributed by atoms with van der Waals surface area (Å²) in [5.41, 5.74) is 0. The van der Waals surface area contributed by atoms with Gasteiger partial charge in [-0.2, -0.15) is 0 Å². The van der Waals surface area contributed by atoms with Gasteiger partial charge < -0.3 is 15.0 Å². The smallest absolute Gasteiger partial charge is 0.0593 e. The maximum atomic E-state index is 5.67. The normalized spacial score (nSPS) is 15.5. The van der Waals surface area contributed by atoms with Crippen LogP contribution in [0.15, 0.2) is 0 Å². The first kappa shape index (κ1) is 15.9. The Labute approximate surface area is 113 Å². The maximum Gasteiger partial charge on any atom is 0.0593 e. The van der Waals surface area contributed by atoms with E-state index >= 15 is 0 Å². The lowest BCUT2D eigenvalue weighted by molar-refractivity contribution is 0.106. The number of unbranched alkanes of at least 4 members (excludes halogenated alkanes) is 3. The van der Waals surface area contributed by atoms with Crippen molar-refractivity contribution in [2.75, 3.05) is 39.9 Å². The number of rotatable bonds is 13. The lowest BCUT2D eigenvalue weighted by Gasteiger charge is -2.15. The first-order valence-electron chi connectivity index (χ1n) is 7.83. The standard InChI is InChI=1S/C15H32N2O/c1-3-10-16-11-6-4-5-7-13-18-14-12-17(2)15-8-9-15/h15-16H,3-14H2,1-2H3. The molecule has 1 aliphatic carbocycles. The molecule has 1 rings (SSSR count). The maximum absolute atomic E-state index is 5.67. The number of nitrogens with zero attached hydrogens (tertiary/aromatic N) is 1. The van der Waals surface area contributed by atoms with Crippen LogP contribution in [0.1, 0.15) is 51.9 Å². The molecule has 3 heteroatoms. The summed E-state index contributed by atoms with van der Waals surface area (Å²) in [7, 11) is 2.21. The lowest BCUT2D eigenvalue weighted by atomic mass is 10.2. The van der Waals surface area contributed by atoms with Gasteiger partial charge in [-0.05, 0) is 52.2 Å². The SMILES string of the molecule is CCCNCCCCCCOCCN(C)C1CC1. The Hall–Kier alpha value is -0.120. The van der Waals surface area contributed by atoms with Gasteiger partial charge in [0.15, 0.2) is 0 Å². The molecular weight excluding hydrogens is 224 g/mol. The van der Waals surface area contributed by atoms with E-state index in [9.17, 15) is 0 Å². The molecule has 0 spiro atoms. The van der Waals surface area contributed by atoms with Crippen LogP contribution in [0.25, 0.3) is 0 Å². The average Bonchev–Trinajstić information content (AvgIpc) is 3.20. The van der Waals surface area contributed by atoms with Crippen LogP contribution in [-0.4, -0.2) is 50.8 Å². The fourth-order valence-electron chi connectivity index (χ4n) is 2.12. The molecule has 0 saturated heterocycles. The van der Waals surface area contributed by atoms with Gasteiger partial charge in [-0.1, -0.05) is 19.8 Å². The third-order valence-corrected chi connectivity index (χ3v) is 3.58. The van der Waals surface area contributed by atoms with E-state index in [2.05, 4.69) is 24.2 Å². The number of nitrogens with one attached hydrogen (secondary N) is 1. The van der Waals surface area contributed by atoms with Crippen LogP contribution in [0.2, 0.25) is 0 Å². The number of likely N-dealkylation sites (N-methyl/N-ethyl adjacent to an activating group) is 1. The molecule has 108 valence electrons. The molecule has 0 unspecified atom stereocenters. The molecule has 1 fully saturated rings. The van der Waals surface area contributed by atoms with Crippen LogP contribution in [0, 0.1) is 0 Å². The predicted octanol–water partition coefficient (Wildman–Crippen LogP) is 2.66. The highest BCUT2D eigenvalue weighted by Gasteiger charge is 2.25. The third kappa shape index (κ3) is 8.90. The van der Waals surface area contributed by atoms with Crippen molar-refractivity contribution >= 4 is 0 Å². The van der Waals surface area contributed by atoms with Crippen molar-refractivity contribution in [2.24, 2.45) is 0 Å². The van der Waals surface area contributed by atoms with E-state index in [0.29, 0.717) is 0 Å². The van der Waals surface area contributed by atoms with Crippen LogP contribution in [0.3, 0.4) is 0 Å². The van der Waals surface area contributed by atoms with E-state index in [0.717, 1.165) is 32.3 Å². The van der Waals surface area contributed by atoms with Gasteiger partial charge in [-0.3, -0.25) is 0 Å². The summed E-state index contributed by atoms with van der Waals surface area (Å²) >= 11 is 0. The van der Waals surface area contributed by atoms with Gasteiger partial charge in [-0.25, -0.2) is 0 Å². The Morgan fingerprint density at radius 1 is 1.06 bits per heavy atom. The first-order chi connectivity index (χ1) is 8.84. The minimum atomic E-state index is 0.865. The van der Waals surface area contributed by atoms with Crippen LogP contribution in [-0.2, 0) is 4.74 Å². The highest BCUT2D eigenvalue weighted by atomic mass is 16.5. The summed E-state index contributed by atoms with van der Waals surface area (Å²) in [6.07, 6.45) is 9.20. The molecule has 0 atom stereocenters. The molecule has 0 amide bonds. The van der Waals surface area contributed by atoms with Crippen molar-refractivity contribution in [1.29, 1.82) is 0 Å². The van der Waals surface area contributed by atoms with Crippen LogP contribution < -0.4 is 5.32 Å². The molecule has 1 saturated carbocycles. The second-order valence-corrected chi connectivity index (χ2v) is 5.49. The first-order valence-corrected chi connectivity index (χ1v) is 7.83. The lowest BCUT2D eigenvalue weighted by Crippen LogP contribution is -2.25. The largest absolute Gasteiger partial charge is 0.380 e. The monoisotopic (exact) mass is 256 g/mol. The van der Waals surface area contributed by atoms with Gasteiger partial charge in [0, 0.05) is 19.2 Å². The zero-order valence-electron chi connectivity index (χ0n) is 12.4. The number of hydrogen-bond acceptors (Lipinski definition) is 3. The second kappa shape index (κ2) is 10.8. The highest BCUT2D eigenvalue weighted by molar-refractivity contribution is 4.81. The van der Waals surface area contributed by atoms with Crippen LogP contribution in [0.4, 0.5) is 0 Å². The molecule has 0 aromatic heterocycles. The van der Waals surface area contributed by atoms with E-state index in [1.54, 1.807) is 0 Å². The van der Waals surface area contributed by atoms with E-state index in [4.69, 9.17) is 4.74 Å². The molecule has 1 N–H and O–H groups in total. The summed E-state index contributed by atoms with van der Waals surface area (Å²) < 4.78 is 5.67. The molecule has 0 aromatic rings. The van der Waals surface area contributed by atoms with Gasteiger partial charge in [-0.15, -0.1) is 0 Å². The third-order valence-electron chi connectivity index (χ3n) is 3.58. The molecular formula is C15H32N2O. The van der Waals surface area contributed by atoms with Crippen molar-refractivity contribution in [2.45, 2.75) is 57.9 Å². The van der Waals surface area contributed by atoms with Gasteiger partial charge >= 0.3 is 0 Å². The second-order valence-electron chi connectivity index (χ2n) is 5.49. The molecule has 0 aliphatic heterocycles. The molecule has 0 aromatic carbocycles. The van der Waals surface area contributed by atoms with Gasteiger partial charge in [0.25, 0.3) is 0 Å². The summed E-state index contributed by atoms with van der Waals surface area (Å²) in [5.74, 6) is 0. The van der Waals surface area contributed by atoms with E-state index < -0.39 is 0 Å². The van der Waals surface area contributed by atoms with Crippen molar-refractivity contribution < 1.29 is 4.74 Å². The minimum absolute atomic E-state index is 0.865. The Balaban J connectivity index is 1.68. The summed E-state index contributed by atoms with van der Waals surface area (Å²) in [6.45, 7) is 7.51. The molecule has 3 nitrogen and oxygen atoms in total. The topological polar surface area (TPSA) is 24.5 Å². The quantitative estimate of drug-likeness (QED) is 0.513. The predicted molar refractivity (Wildman–Crippen MR) is 78.1 cm³/mol. The fourth-order valence-corrected chi connectivity index (χ4v) is 2.12. The molecule has 0 radical (unpaired) electrons. The Kier molecular flexibility index (Phi) is 9.54. The zero-order valence-corrected chi connectivity index (χ0v) is 12.4. The van der Waals surface area contributed by atoms with Gasteiger partial charge in [0.2, 0.25) is 0 Å². The molecule has 0 heterocycles. The van der Waals surface area contributed by atoms with Crippen molar-refractivity contribution in [3.05, 3.63) is 0 Å². The van der Waals surface area contributed by atoms with E-state index in [-0.39, 0.29) is 0 Å². The molecule has 0 bridgehead atoms. The Morgan fingerprint density at radius 3 is 2.56 bits per heavy atom. The van der Waals surface area contributed by atoms with E-state index in [1.807, 2.05) is 0 Å². The molecule has 1 aliphatic rings. The van der Waals surface area contributed by atoms with Gasteiger partial charge in [0.1, 0.15) is 0 Å². The van der Waals surface area contributed by atoms with Crippen LogP contribution >= 0.6 is 0 Å². The summed E-state index contributed by atoms with van der Waals surface area (Å²) in [5, 5.41) is 3.44. The minimum Gasteiger partial charge on any atom is -0.380 e. The summed E-state index contributed by atoms with van der Waals surface area (Å²) in [4.78, 5) is 2.43. The summed E-state index contributed by atoms with van der Waals surface area (Å²) in [6, 6.07) is 0.865. The molecule has 18 heavy (non-hydrogen) atoms. The highest BCUT2D eigenvalue weighted by Crippen LogP contribution is 2.24. The number of ether oxygens (including phenoxy) is 1. The van der Waals surface area contributed by atoms with Crippen molar-refractivity contribution in [3.8, 4) is 0 Å². The van der Waals surface area contributed by atoms with Gasteiger partial charge in [0.05, 0.1) is 6.61 Å². The number of hydrogen-bond donors (Lipinski definition) is 1. The Morgan fingerprint density at radius 2 is 1.83 bits per heavy atom. The Bertz CT molecular complexity index is 183. The average molecular weight is 256 g/mol. The van der Waals surface area contributed by atoms with E-state index in [1.165, 1.54) is 51.5 Å². The zero-order chi connectivity index (χ0) is 13.1.